The predicted octanol–water partition coefficient (Wildman–Crippen LogP) is 7.56. The Labute approximate surface area is 222 Å². The smallest absolute Gasteiger partial charge is 0.123 e. The summed E-state index contributed by atoms with van der Waals surface area (Å²) in [6, 6.07) is 40.8. The van der Waals surface area contributed by atoms with Crippen LogP contribution in [0.25, 0.3) is 0 Å². The lowest BCUT2D eigenvalue weighted by Crippen LogP contribution is -2.34. The van der Waals surface area contributed by atoms with E-state index in [1.165, 1.54) is 12.1 Å². The van der Waals surface area contributed by atoms with Crippen LogP contribution in [0, 0.1) is 10.7 Å². The Morgan fingerprint density at radius 2 is 1.11 bits per heavy atom. The van der Waals surface area contributed by atoms with Crippen molar-refractivity contribution < 1.29 is 9.50 Å². The third-order valence-corrected chi connectivity index (χ3v) is 7.19. The van der Waals surface area contributed by atoms with E-state index >= 15 is 0 Å². The molecule has 4 heteroatoms. The van der Waals surface area contributed by atoms with Gasteiger partial charge < -0.3 is 5.11 Å². The van der Waals surface area contributed by atoms with E-state index in [2.05, 4.69) is 41.6 Å². The van der Waals surface area contributed by atoms with E-state index in [1.807, 2.05) is 66.7 Å². The number of hydrogen-bond donors (Lipinski definition) is 1. The maximum absolute atomic E-state index is 13.6. The molecule has 0 bridgehead atoms. The van der Waals surface area contributed by atoms with Gasteiger partial charge in [-0.25, -0.2) is 4.39 Å². The Balaban J connectivity index is 1.90. The van der Waals surface area contributed by atoms with E-state index in [0.29, 0.717) is 6.42 Å². The molecular weight excluding hydrogens is 473 g/mol. The van der Waals surface area contributed by atoms with Gasteiger partial charge in [0.25, 0.3) is 0 Å². The summed E-state index contributed by atoms with van der Waals surface area (Å²) in [5, 5.41) is 14.2. The lowest BCUT2D eigenvalue weighted by atomic mass is 9.62. The normalized spacial score (nSPS) is 11.3. The number of rotatable bonds is 9. The summed E-state index contributed by atoms with van der Waals surface area (Å²) in [4.78, 5) is 11.7. The Hall–Kier alpha value is -4.41. The molecule has 0 aliphatic heterocycles. The fraction of sp³-hybridized carbons (Fsp3) is 0.118. The van der Waals surface area contributed by atoms with Gasteiger partial charge in [-0.15, -0.1) is 0 Å². The van der Waals surface area contributed by atoms with E-state index in [0.717, 1.165) is 44.5 Å². The van der Waals surface area contributed by atoms with Gasteiger partial charge in [0.05, 0.1) is 12.0 Å². The van der Waals surface area contributed by atoms with Crippen LogP contribution in [0.15, 0.2) is 133 Å². The highest BCUT2D eigenvalue weighted by molar-refractivity contribution is 5.65. The summed E-state index contributed by atoms with van der Waals surface area (Å²) in [7, 11) is 0. The molecule has 38 heavy (non-hydrogen) atoms. The largest absolute Gasteiger partial charge is 0.392 e. The predicted molar refractivity (Wildman–Crippen MR) is 149 cm³/mol. The summed E-state index contributed by atoms with van der Waals surface area (Å²) in [6.07, 6.45) is 0.506. The second-order valence-corrected chi connectivity index (χ2v) is 9.33. The topological polar surface area (TPSA) is 49.7 Å². The highest BCUT2D eigenvalue weighted by Crippen LogP contribution is 2.48. The molecule has 0 radical (unpaired) electrons. The van der Waals surface area contributed by atoms with Crippen LogP contribution < -0.4 is 0 Å². The summed E-state index contributed by atoms with van der Waals surface area (Å²) in [5.41, 5.74) is 6.39. The number of aliphatic hydroxyl groups excluding tert-OH is 1. The van der Waals surface area contributed by atoms with Crippen LogP contribution in [0.2, 0.25) is 0 Å². The van der Waals surface area contributed by atoms with Gasteiger partial charge in [-0.1, -0.05) is 120 Å². The molecule has 0 atom stereocenters. The van der Waals surface area contributed by atoms with Crippen molar-refractivity contribution in [1.29, 1.82) is 0 Å². The van der Waals surface area contributed by atoms with E-state index in [1.54, 1.807) is 12.1 Å². The zero-order valence-corrected chi connectivity index (χ0v) is 20.9. The van der Waals surface area contributed by atoms with Gasteiger partial charge in [-0.2, -0.15) is 4.91 Å². The summed E-state index contributed by atoms with van der Waals surface area (Å²) in [6.45, 7) is -0.264. The third-order valence-electron chi connectivity index (χ3n) is 7.19. The molecule has 0 amide bonds. The van der Waals surface area contributed by atoms with Crippen molar-refractivity contribution in [2.75, 3.05) is 0 Å². The third kappa shape index (κ3) is 4.67. The SMILES string of the molecule is O=NCc1ccc(Cc2ccc(F)cc2)c(CO)c1C(c1ccccc1)(c1ccccc1)c1ccccc1. The number of nitrogens with zero attached hydrogens (tertiary/aromatic N) is 1. The summed E-state index contributed by atoms with van der Waals surface area (Å²) >= 11 is 0. The highest BCUT2D eigenvalue weighted by atomic mass is 19.1. The van der Waals surface area contributed by atoms with E-state index in [4.69, 9.17) is 0 Å². The van der Waals surface area contributed by atoms with Gasteiger partial charge in [0.2, 0.25) is 0 Å². The van der Waals surface area contributed by atoms with Crippen LogP contribution in [0.4, 0.5) is 4.39 Å². The molecule has 0 fully saturated rings. The zero-order chi connectivity index (χ0) is 26.4. The Kier molecular flexibility index (Phi) is 7.52. The summed E-state index contributed by atoms with van der Waals surface area (Å²) in [5.74, 6) is -0.291. The van der Waals surface area contributed by atoms with Gasteiger partial charge in [0, 0.05) is 0 Å². The van der Waals surface area contributed by atoms with Gasteiger partial charge in [-0.05, 0) is 63.1 Å². The van der Waals surface area contributed by atoms with Crippen molar-refractivity contribution >= 4 is 0 Å². The standard InChI is InChI=1S/C34H28FNO2/c35-31-20-16-25(17-21-31)22-26-18-19-27(23-36-38)33(32(26)24-37)34(28-10-4-1-5-11-28,29-12-6-2-7-13-29)30-14-8-3-9-15-30/h1-21,37H,22-24H2. The van der Waals surface area contributed by atoms with Crippen molar-refractivity contribution in [2.45, 2.75) is 25.0 Å². The Morgan fingerprint density at radius 1 is 0.632 bits per heavy atom. The molecule has 188 valence electrons. The van der Waals surface area contributed by atoms with Crippen molar-refractivity contribution in [3.8, 4) is 0 Å². The first-order valence-corrected chi connectivity index (χ1v) is 12.6. The first-order chi connectivity index (χ1) is 18.7. The van der Waals surface area contributed by atoms with Crippen LogP contribution in [0.5, 0.6) is 0 Å². The number of nitroso groups, excluding NO2 is 1. The Bertz CT molecular complexity index is 1410. The maximum Gasteiger partial charge on any atom is 0.123 e. The van der Waals surface area contributed by atoms with Crippen LogP contribution >= 0.6 is 0 Å². The van der Waals surface area contributed by atoms with Crippen molar-refractivity contribution in [2.24, 2.45) is 5.18 Å². The average molecular weight is 502 g/mol. The minimum atomic E-state index is -0.833. The number of halogens is 1. The van der Waals surface area contributed by atoms with Crippen LogP contribution in [-0.2, 0) is 25.0 Å². The van der Waals surface area contributed by atoms with Crippen LogP contribution in [-0.4, -0.2) is 5.11 Å². The lowest BCUT2D eigenvalue weighted by Gasteiger charge is -2.40. The minimum absolute atomic E-state index is 0.0343. The molecule has 0 saturated heterocycles. The van der Waals surface area contributed by atoms with Crippen LogP contribution in [0.3, 0.4) is 0 Å². The first kappa shape index (κ1) is 25.2. The van der Waals surface area contributed by atoms with Gasteiger partial charge in [0.15, 0.2) is 0 Å². The molecule has 0 aliphatic rings. The monoisotopic (exact) mass is 501 g/mol. The molecule has 0 spiro atoms. The van der Waals surface area contributed by atoms with Gasteiger partial charge >= 0.3 is 0 Å². The van der Waals surface area contributed by atoms with E-state index in [9.17, 15) is 14.4 Å². The molecule has 0 aromatic heterocycles. The second-order valence-electron chi connectivity index (χ2n) is 9.33. The molecule has 0 saturated carbocycles. The number of hydrogen-bond acceptors (Lipinski definition) is 3. The first-order valence-electron chi connectivity index (χ1n) is 12.6. The molecule has 3 nitrogen and oxygen atoms in total. The molecular formula is C34H28FNO2. The number of aliphatic hydroxyl groups is 1. The molecule has 5 rings (SSSR count). The molecule has 0 aliphatic carbocycles. The zero-order valence-electron chi connectivity index (χ0n) is 20.9. The average Bonchev–Trinajstić information content (AvgIpc) is 2.98. The van der Waals surface area contributed by atoms with Crippen molar-refractivity contribution in [3.05, 3.63) is 183 Å². The fourth-order valence-electron chi connectivity index (χ4n) is 5.57. The Morgan fingerprint density at radius 3 is 1.55 bits per heavy atom. The quantitative estimate of drug-likeness (QED) is 0.167. The molecule has 5 aromatic carbocycles. The van der Waals surface area contributed by atoms with Gasteiger partial charge in [-0.3, -0.25) is 0 Å². The molecule has 0 heterocycles. The molecule has 1 N–H and O–H groups in total. The number of benzene rings is 5. The summed E-state index contributed by atoms with van der Waals surface area (Å²) < 4.78 is 13.6. The minimum Gasteiger partial charge on any atom is -0.392 e. The molecule has 0 unspecified atom stereocenters. The van der Waals surface area contributed by atoms with Crippen molar-refractivity contribution in [1.82, 2.24) is 0 Å². The lowest BCUT2D eigenvalue weighted by molar-refractivity contribution is 0.278. The molecule has 5 aromatic rings. The fourth-order valence-corrected chi connectivity index (χ4v) is 5.57. The van der Waals surface area contributed by atoms with Gasteiger partial charge in [0.1, 0.15) is 12.4 Å². The second kappa shape index (κ2) is 11.3. The highest BCUT2D eigenvalue weighted by Gasteiger charge is 2.41. The van der Waals surface area contributed by atoms with E-state index < -0.39 is 5.41 Å². The van der Waals surface area contributed by atoms with E-state index in [-0.39, 0.29) is 19.0 Å². The van der Waals surface area contributed by atoms with Crippen molar-refractivity contribution in [3.63, 3.8) is 0 Å². The maximum atomic E-state index is 13.6. The van der Waals surface area contributed by atoms with Crippen LogP contribution in [0.1, 0.15) is 44.5 Å².